The molecule has 5 rings (SSSR count). The molecule has 3 fully saturated rings. The van der Waals surface area contributed by atoms with Gasteiger partial charge in [-0.05, 0) is 49.3 Å². The number of ether oxygens (including phenoxy) is 4. The van der Waals surface area contributed by atoms with E-state index in [4.69, 9.17) is 18.9 Å². The van der Waals surface area contributed by atoms with Crippen molar-refractivity contribution in [3.63, 3.8) is 0 Å². The molecule has 29 heavy (non-hydrogen) atoms. The van der Waals surface area contributed by atoms with Gasteiger partial charge >= 0.3 is 0 Å². The maximum Gasteiger partial charge on any atom is 0.191 e. The maximum absolute atomic E-state index is 6.49. The lowest BCUT2D eigenvalue weighted by atomic mass is 9.67. The standard InChI is InChI=1S/C23H32N2O4/c1-5-16-12-25-10-9-22-21-18(7-6-8-19(21)27-4)24-23(22,29-14-28-22)20(25)11-17(16)15(2)13-26-3/h6-8,13,16-17,20,24H,5,9-12,14H2,1-4H3/b15-13-/t16-,17-,20+,22+,23+/m1/s1. The van der Waals surface area contributed by atoms with Crippen LogP contribution in [0.3, 0.4) is 0 Å². The molecule has 4 aliphatic rings. The number of hydrogen-bond donors (Lipinski definition) is 1. The van der Waals surface area contributed by atoms with Gasteiger partial charge in [-0.15, -0.1) is 0 Å². The minimum Gasteiger partial charge on any atom is -0.504 e. The zero-order valence-corrected chi connectivity index (χ0v) is 17.9. The van der Waals surface area contributed by atoms with Crippen molar-refractivity contribution in [2.45, 2.75) is 50.5 Å². The van der Waals surface area contributed by atoms with Crippen molar-refractivity contribution in [3.05, 3.63) is 35.6 Å². The summed E-state index contributed by atoms with van der Waals surface area (Å²) in [5.41, 5.74) is 2.44. The Balaban J connectivity index is 1.58. The topological polar surface area (TPSA) is 52.2 Å². The molecule has 0 saturated carbocycles. The van der Waals surface area contributed by atoms with E-state index in [1.807, 2.05) is 18.4 Å². The average molecular weight is 401 g/mol. The lowest BCUT2D eigenvalue weighted by molar-refractivity contribution is -0.146. The van der Waals surface area contributed by atoms with Crippen LogP contribution in [0.1, 0.15) is 38.7 Å². The van der Waals surface area contributed by atoms with E-state index in [0.717, 1.165) is 42.9 Å². The van der Waals surface area contributed by atoms with Crippen molar-refractivity contribution in [2.75, 3.05) is 39.4 Å². The summed E-state index contributed by atoms with van der Waals surface area (Å²) < 4.78 is 24.1. The number of piperidine rings is 2. The molecular formula is C23H32N2O4. The molecule has 0 amide bonds. The highest BCUT2D eigenvalue weighted by Gasteiger charge is 2.72. The monoisotopic (exact) mass is 400 g/mol. The fraction of sp³-hybridized carbons (Fsp3) is 0.652. The molecule has 5 atom stereocenters. The lowest BCUT2D eigenvalue weighted by Crippen LogP contribution is -2.70. The van der Waals surface area contributed by atoms with Gasteiger partial charge in [-0.3, -0.25) is 4.90 Å². The highest BCUT2D eigenvalue weighted by atomic mass is 16.7. The maximum atomic E-state index is 6.49. The van der Waals surface area contributed by atoms with Gasteiger partial charge in [0.25, 0.3) is 0 Å². The van der Waals surface area contributed by atoms with Gasteiger partial charge in [0.2, 0.25) is 0 Å². The lowest BCUT2D eigenvalue weighted by Gasteiger charge is -2.56. The number of methoxy groups -OCH3 is 2. The van der Waals surface area contributed by atoms with Crippen molar-refractivity contribution in [1.29, 1.82) is 0 Å². The first-order chi connectivity index (χ1) is 14.1. The van der Waals surface area contributed by atoms with E-state index in [2.05, 4.69) is 30.1 Å². The molecule has 4 aliphatic heterocycles. The predicted molar refractivity (Wildman–Crippen MR) is 111 cm³/mol. The molecule has 6 nitrogen and oxygen atoms in total. The molecule has 0 bridgehead atoms. The first-order valence-corrected chi connectivity index (χ1v) is 10.8. The molecule has 1 aromatic rings. The summed E-state index contributed by atoms with van der Waals surface area (Å²) >= 11 is 0. The molecule has 1 aromatic carbocycles. The zero-order chi connectivity index (χ0) is 20.2. The summed E-state index contributed by atoms with van der Waals surface area (Å²) in [6.45, 7) is 6.90. The molecule has 6 heteroatoms. The van der Waals surface area contributed by atoms with E-state index < -0.39 is 11.3 Å². The van der Waals surface area contributed by atoms with Gasteiger partial charge < -0.3 is 24.3 Å². The Hall–Kier alpha value is -1.76. The molecule has 158 valence electrons. The van der Waals surface area contributed by atoms with Gasteiger partial charge in [-0.2, -0.15) is 0 Å². The van der Waals surface area contributed by atoms with E-state index in [1.165, 1.54) is 12.0 Å². The van der Waals surface area contributed by atoms with Crippen LogP contribution in [0.15, 0.2) is 30.0 Å². The number of benzene rings is 1. The fourth-order valence-corrected chi connectivity index (χ4v) is 6.45. The molecule has 0 unspecified atom stereocenters. The second-order valence-electron chi connectivity index (χ2n) is 8.85. The minimum atomic E-state index is -0.577. The van der Waals surface area contributed by atoms with Gasteiger partial charge in [-0.25, -0.2) is 0 Å². The Labute approximate surface area is 173 Å². The molecule has 4 heterocycles. The predicted octanol–water partition coefficient (Wildman–Crippen LogP) is 3.69. The number of fused-ring (bicyclic) bond motifs is 2. The molecule has 1 N–H and O–H groups in total. The Morgan fingerprint density at radius 1 is 1.34 bits per heavy atom. The van der Waals surface area contributed by atoms with Crippen LogP contribution >= 0.6 is 0 Å². The number of hydrogen-bond acceptors (Lipinski definition) is 6. The third kappa shape index (κ3) is 2.46. The summed E-state index contributed by atoms with van der Waals surface area (Å²) in [5.74, 6) is 1.98. The van der Waals surface area contributed by atoms with Crippen LogP contribution in [-0.4, -0.2) is 50.8 Å². The first kappa shape index (κ1) is 19.2. The number of nitrogens with zero attached hydrogens (tertiary/aromatic N) is 1. The van der Waals surface area contributed by atoms with E-state index in [0.29, 0.717) is 18.6 Å². The summed E-state index contributed by atoms with van der Waals surface area (Å²) in [6, 6.07) is 6.41. The van der Waals surface area contributed by atoms with Gasteiger partial charge in [0.1, 0.15) is 5.75 Å². The van der Waals surface area contributed by atoms with E-state index >= 15 is 0 Å². The van der Waals surface area contributed by atoms with Gasteiger partial charge in [0, 0.05) is 18.8 Å². The van der Waals surface area contributed by atoms with Crippen LogP contribution in [0, 0.1) is 11.8 Å². The van der Waals surface area contributed by atoms with Gasteiger partial charge in [-0.1, -0.05) is 19.4 Å². The smallest absolute Gasteiger partial charge is 0.191 e. The van der Waals surface area contributed by atoms with Crippen LogP contribution in [0.5, 0.6) is 5.75 Å². The van der Waals surface area contributed by atoms with Crippen molar-refractivity contribution < 1.29 is 18.9 Å². The summed E-state index contributed by atoms with van der Waals surface area (Å²) in [6.07, 6.45) is 5.01. The van der Waals surface area contributed by atoms with Crippen LogP contribution in [0.4, 0.5) is 5.69 Å². The van der Waals surface area contributed by atoms with Gasteiger partial charge in [0.05, 0.1) is 32.1 Å². The van der Waals surface area contributed by atoms with Crippen LogP contribution in [-0.2, 0) is 19.8 Å². The molecule has 0 spiro atoms. The second-order valence-corrected chi connectivity index (χ2v) is 8.85. The summed E-state index contributed by atoms with van der Waals surface area (Å²) in [7, 11) is 3.47. The van der Waals surface area contributed by atoms with E-state index in [1.54, 1.807) is 14.2 Å². The van der Waals surface area contributed by atoms with Crippen molar-refractivity contribution in [3.8, 4) is 5.75 Å². The summed E-state index contributed by atoms with van der Waals surface area (Å²) in [4.78, 5) is 2.63. The van der Waals surface area contributed by atoms with Crippen molar-refractivity contribution >= 4 is 5.69 Å². The molecular weight excluding hydrogens is 368 g/mol. The molecule has 0 aliphatic carbocycles. The zero-order valence-electron chi connectivity index (χ0n) is 17.9. The Bertz CT molecular complexity index is 827. The summed E-state index contributed by atoms with van der Waals surface area (Å²) in [5, 5.41) is 3.78. The third-order valence-corrected chi connectivity index (χ3v) is 7.75. The van der Waals surface area contributed by atoms with Crippen LogP contribution in [0.25, 0.3) is 0 Å². The number of anilines is 1. The highest BCUT2D eigenvalue weighted by molar-refractivity contribution is 5.69. The normalized spacial score (nSPS) is 38.5. The Morgan fingerprint density at radius 2 is 2.21 bits per heavy atom. The average Bonchev–Trinajstić information content (AvgIpc) is 3.25. The SMILES string of the molecule is CC[C@@H]1CN2CC[C@@]34OCO[C@@]3(Nc3cccc(OC)c34)[C@@H]2C[C@@H]1/C(C)=C\OC. The molecule has 0 aromatic heterocycles. The Morgan fingerprint density at radius 3 is 2.97 bits per heavy atom. The third-order valence-electron chi connectivity index (χ3n) is 7.75. The molecule has 3 saturated heterocycles. The number of rotatable bonds is 4. The largest absolute Gasteiger partial charge is 0.504 e. The number of allylic oxidation sites excluding steroid dienone is 1. The number of nitrogens with one attached hydrogen (secondary N) is 1. The van der Waals surface area contributed by atoms with Crippen LogP contribution < -0.4 is 10.1 Å². The second kappa shape index (κ2) is 6.89. The Kier molecular flexibility index (Phi) is 4.57. The first-order valence-electron chi connectivity index (χ1n) is 10.8. The van der Waals surface area contributed by atoms with Crippen molar-refractivity contribution in [1.82, 2.24) is 4.90 Å². The van der Waals surface area contributed by atoms with E-state index in [-0.39, 0.29) is 6.04 Å². The van der Waals surface area contributed by atoms with E-state index in [9.17, 15) is 0 Å². The van der Waals surface area contributed by atoms with Crippen molar-refractivity contribution in [2.24, 2.45) is 11.8 Å². The molecule has 0 radical (unpaired) electrons. The highest BCUT2D eigenvalue weighted by Crippen LogP contribution is 2.62. The quantitative estimate of drug-likeness (QED) is 0.778. The fourth-order valence-electron chi connectivity index (χ4n) is 6.45. The van der Waals surface area contributed by atoms with Gasteiger partial charge in [0.15, 0.2) is 18.1 Å². The minimum absolute atomic E-state index is 0.226. The van der Waals surface area contributed by atoms with Crippen LogP contribution in [0.2, 0.25) is 0 Å².